The number of ketones is 1. The van der Waals surface area contributed by atoms with Gasteiger partial charge in [-0.15, -0.1) is 0 Å². The zero-order valence-electron chi connectivity index (χ0n) is 13.5. The SMILES string of the molecule is COC(=O)C1=CC(=O)CC[C@@H]1C1c2ccccc2-c2ccccc21. The van der Waals surface area contributed by atoms with Crippen molar-refractivity contribution in [2.75, 3.05) is 7.11 Å². The van der Waals surface area contributed by atoms with Gasteiger partial charge in [-0.1, -0.05) is 48.5 Å². The van der Waals surface area contributed by atoms with E-state index < -0.39 is 5.97 Å². The molecule has 0 saturated heterocycles. The van der Waals surface area contributed by atoms with Crippen LogP contribution in [0.4, 0.5) is 0 Å². The van der Waals surface area contributed by atoms with Gasteiger partial charge in [0.2, 0.25) is 0 Å². The summed E-state index contributed by atoms with van der Waals surface area (Å²) in [5.41, 5.74) is 5.41. The van der Waals surface area contributed by atoms with E-state index in [9.17, 15) is 9.59 Å². The molecule has 120 valence electrons. The molecule has 0 aromatic heterocycles. The van der Waals surface area contributed by atoms with Gasteiger partial charge in [0, 0.05) is 23.8 Å². The number of ether oxygens (including phenoxy) is 1. The smallest absolute Gasteiger partial charge is 0.334 e. The largest absolute Gasteiger partial charge is 0.466 e. The Kier molecular flexibility index (Phi) is 3.57. The van der Waals surface area contributed by atoms with Crippen molar-refractivity contribution in [3.05, 3.63) is 71.3 Å². The van der Waals surface area contributed by atoms with Crippen LogP contribution in [0.25, 0.3) is 11.1 Å². The van der Waals surface area contributed by atoms with Crippen LogP contribution in [-0.2, 0) is 14.3 Å². The van der Waals surface area contributed by atoms with Crippen LogP contribution in [0, 0.1) is 5.92 Å². The van der Waals surface area contributed by atoms with Crippen LogP contribution in [0.5, 0.6) is 0 Å². The molecule has 0 fully saturated rings. The van der Waals surface area contributed by atoms with Crippen molar-refractivity contribution < 1.29 is 14.3 Å². The lowest BCUT2D eigenvalue weighted by Gasteiger charge is -2.29. The van der Waals surface area contributed by atoms with Gasteiger partial charge in [0.05, 0.1) is 7.11 Å². The summed E-state index contributed by atoms with van der Waals surface area (Å²) in [5, 5.41) is 0. The van der Waals surface area contributed by atoms with E-state index in [4.69, 9.17) is 4.74 Å². The molecule has 0 amide bonds. The molecule has 3 heteroatoms. The minimum Gasteiger partial charge on any atom is -0.466 e. The van der Waals surface area contributed by atoms with Gasteiger partial charge < -0.3 is 4.74 Å². The van der Waals surface area contributed by atoms with Gasteiger partial charge in [-0.25, -0.2) is 4.79 Å². The van der Waals surface area contributed by atoms with E-state index in [0.717, 1.165) is 0 Å². The molecule has 2 aliphatic rings. The topological polar surface area (TPSA) is 43.4 Å². The number of carbonyl (C=O) groups excluding carboxylic acids is 2. The predicted molar refractivity (Wildman–Crippen MR) is 91.6 cm³/mol. The maximum atomic E-state index is 12.3. The molecule has 3 nitrogen and oxygen atoms in total. The Morgan fingerprint density at radius 2 is 1.58 bits per heavy atom. The molecule has 0 aliphatic heterocycles. The molecule has 0 radical (unpaired) electrons. The Balaban J connectivity index is 1.88. The van der Waals surface area contributed by atoms with Crippen LogP contribution < -0.4 is 0 Å². The monoisotopic (exact) mass is 318 g/mol. The minimum absolute atomic E-state index is 0.00576. The van der Waals surface area contributed by atoms with E-state index >= 15 is 0 Å². The maximum absolute atomic E-state index is 12.3. The van der Waals surface area contributed by atoms with Crippen molar-refractivity contribution in [3.63, 3.8) is 0 Å². The highest BCUT2D eigenvalue weighted by atomic mass is 16.5. The molecule has 0 N–H and O–H groups in total. The first kappa shape index (κ1) is 14.9. The molecule has 2 aliphatic carbocycles. The van der Waals surface area contributed by atoms with Gasteiger partial charge in [0.1, 0.15) is 0 Å². The first-order chi connectivity index (χ1) is 11.7. The molecular formula is C21H18O3. The lowest BCUT2D eigenvalue weighted by Crippen LogP contribution is -2.26. The highest BCUT2D eigenvalue weighted by Crippen LogP contribution is 2.51. The average molecular weight is 318 g/mol. The van der Waals surface area contributed by atoms with Crippen LogP contribution in [0.1, 0.15) is 29.9 Å². The van der Waals surface area contributed by atoms with E-state index in [1.165, 1.54) is 35.4 Å². The van der Waals surface area contributed by atoms with Crippen molar-refractivity contribution in [1.82, 2.24) is 0 Å². The summed E-state index contributed by atoms with van der Waals surface area (Å²) in [6, 6.07) is 16.7. The van der Waals surface area contributed by atoms with Crippen LogP contribution in [0.3, 0.4) is 0 Å². The second kappa shape index (κ2) is 5.75. The standard InChI is InChI=1S/C21H18O3/c1-24-21(23)19-12-13(22)10-11-18(19)20-16-8-4-2-6-14(16)15-7-3-5-9-17(15)20/h2-9,12,18,20H,10-11H2,1H3/t18-/m0/s1. The number of allylic oxidation sites excluding steroid dienone is 1. The number of rotatable bonds is 2. The summed E-state index contributed by atoms with van der Waals surface area (Å²) >= 11 is 0. The average Bonchev–Trinajstić information content (AvgIpc) is 2.96. The van der Waals surface area contributed by atoms with Crippen LogP contribution in [0.15, 0.2) is 60.2 Å². The first-order valence-electron chi connectivity index (χ1n) is 8.21. The molecule has 24 heavy (non-hydrogen) atoms. The van der Waals surface area contributed by atoms with Crippen molar-refractivity contribution in [3.8, 4) is 11.1 Å². The Morgan fingerprint density at radius 1 is 1.00 bits per heavy atom. The van der Waals surface area contributed by atoms with E-state index in [-0.39, 0.29) is 17.6 Å². The van der Waals surface area contributed by atoms with E-state index in [2.05, 4.69) is 24.3 Å². The summed E-state index contributed by atoms with van der Waals surface area (Å²) in [5.74, 6) is -0.322. The summed E-state index contributed by atoms with van der Waals surface area (Å²) in [6.45, 7) is 0. The fourth-order valence-corrected chi connectivity index (χ4v) is 4.11. The quantitative estimate of drug-likeness (QED) is 0.789. The number of carbonyl (C=O) groups is 2. The van der Waals surface area contributed by atoms with E-state index in [1.807, 2.05) is 24.3 Å². The van der Waals surface area contributed by atoms with Gasteiger partial charge >= 0.3 is 5.97 Å². The molecule has 0 heterocycles. The summed E-state index contributed by atoms with van der Waals surface area (Å²) in [6.07, 6.45) is 2.64. The molecule has 2 aromatic rings. The number of hydrogen-bond acceptors (Lipinski definition) is 3. The lowest BCUT2D eigenvalue weighted by molar-refractivity contribution is -0.137. The molecule has 1 atom stereocenters. The number of fused-ring (bicyclic) bond motifs is 3. The first-order valence-corrected chi connectivity index (χ1v) is 8.21. The highest BCUT2D eigenvalue weighted by Gasteiger charge is 2.39. The van der Waals surface area contributed by atoms with Crippen molar-refractivity contribution in [2.45, 2.75) is 18.8 Å². The fraction of sp³-hybridized carbons (Fsp3) is 0.238. The fourth-order valence-electron chi connectivity index (χ4n) is 4.11. The number of methoxy groups -OCH3 is 1. The summed E-state index contributed by atoms with van der Waals surface area (Å²) in [4.78, 5) is 24.1. The summed E-state index contributed by atoms with van der Waals surface area (Å²) < 4.78 is 4.94. The third-order valence-electron chi connectivity index (χ3n) is 5.12. The third-order valence-corrected chi connectivity index (χ3v) is 5.12. The third kappa shape index (κ3) is 2.20. The van der Waals surface area contributed by atoms with E-state index in [0.29, 0.717) is 18.4 Å². The van der Waals surface area contributed by atoms with Crippen LogP contribution >= 0.6 is 0 Å². The van der Waals surface area contributed by atoms with Gasteiger partial charge in [-0.3, -0.25) is 4.79 Å². The Bertz CT molecular complexity index is 817. The molecule has 0 saturated carbocycles. The van der Waals surface area contributed by atoms with Crippen molar-refractivity contribution in [2.24, 2.45) is 5.92 Å². The number of esters is 1. The van der Waals surface area contributed by atoms with Gasteiger partial charge in [0.25, 0.3) is 0 Å². The summed E-state index contributed by atoms with van der Waals surface area (Å²) in [7, 11) is 1.37. The molecular weight excluding hydrogens is 300 g/mol. The van der Waals surface area contributed by atoms with E-state index in [1.54, 1.807) is 0 Å². The van der Waals surface area contributed by atoms with Gasteiger partial charge in [0.15, 0.2) is 5.78 Å². The lowest BCUT2D eigenvalue weighted by atomic mass is 9.74. The molecule has 0 spiro atoms. The van der Waals surface area contributed by atoms with Crippen LogP contribution in [-0.4, -0.2) is 18.9 Å². The van der Waals surface area contributed by atoms with Gasteiger partial charge in [-0.2, -0.15) is 0 Å². The molecule has 0 bridgehead atoms. The van der Waals surface area contributed by atoms with Crippen LogP contribution in [0.2, 0.25) is 0 Å². The second-order valence-electron chi connectivity index (χ2n) is 6.35. The molecule has 4 rings (SSSR count). The molecule has 2 aromatic carbocycles. The Hall–Kier alpha value is -2.68. The maximum Gasteiger partial charge on any atom is 0.334 e. The Labute approximate surface area is 141 Å². The van der Waals surface area contributed by atoms with Crippen molar-refractivity contribution in [1.29, 1.82) is 0 Å². The minimum atomic E-state index is -0.394. The Morgan fingerprint density at radius 3 is 2.17 bits per heavy atom. The zero-order valence-corrected chi connectivity index (χ0v) is 13.5. The second-order valence-corrected chi connectivity index (χ2v) is 6.35. The van der Waals surface area contributed by atoms with Crippen molar-refractivity contribution >= 4 is 11.8 Å². The van der Waals surface area contributed by atoms with Gasteiger partial charge in [-0.05, 0) is 34.8 Å². The number of hydrogen-bond donors (Lipinski definition) is 0. The predicted octanol–water partition coefficient (Wildman–Crippen LogP) is 3.88. The zero-order chi connectivity index (χ0) is 16.7. The molecule has 0 unspecified atom stereocenters. The number of benzene rings is 2. The normalized spacial score (nSPS) is 19.5. The highest BCUT2D eigenvalue weighted by molar-refractivity contribution is 6.01.